The maximum absolute atomic E-state index is 5.93. The predicted octanol–water partition coefficient (Wildman–Crippen LogP) is 2.58. The summed E-state index contributed by atoms with van der Waals surface area (Å²) in [7, 11) is 1.85. The van der Waals surface area contributed by atoms with Gasteiger partial charge in [-0.25, -0.2) is 4.98 Å². The maximum Gasteiger partial charge on any atom is 0.142 e. The van der Waals surface area contributed by atoms with Gasteiger partial charge in [-0.05, 0) is 6.92 Å². The van der Waals surface area contributed by atoms with Crippen LogP contribution in [-0.2, 0) is 7.05 Å². The lowest BCUT2D eigenvalue weighted by atomic mass is 10.3. The van der Waals surface area contributed by atoms with Crippen molar-refractivity contribution in [2.24, 2.45) is 7.05 Å². The van der Waals surface area contributed by atoms with E-state index in [2.05, 4.69) is 10.1 Å². The highest BCUT2D eigenvalue weighted by molar-refractivity contribution is 6.36. The molecule has 13 heavy (non-hydrogen) atoms. The molecular formula is C8H7Cl2N3. The molecule has 0 radical (unpaired) electrons. The van der Waals surface area contributed by atoms with Gasteiger partial charge in [0, 0.05) is 13.1 Å². The molecule has 0 aromatic carbocycles. The number of rotatable bonds is 0. The van der Waals surface area contributed by atoms with Crippen LogP contribution in [-0.4, -0.2) is 14.8 Å². The summed E-state index contributed by atoms with van der Waals surface area (Å²) in [5, 5.41) is 5.89. The molecule has 0 saturated carbocycles. The number of pyridine rings is 1. The lowest BCUT2D eigenvalue weighted by Gasteiger charge is -1.96. The second-order valence-corrected chi connectivity index (χ2v) is 3.58. The van der Waals surface area contributed by atoms with Gasteiger partial charge < -0.3 is 0 Å². The average Bonchev–Trinajstić information content (AvgIpc) is 2.27. The lowest BCUT2D eigenvalue weighted by molar-refractivity contribution is 0.783. The summed E-state index contributed by atoms with van der Waals surface area (Å²) < 4.78 is 1.74. The molecule has 2 heterocycles. The Bertz CT molecular complexity index is 476. The average molecular weight is 216 g/mol. The molecule has 0 N–H and O–H groups in total. The van der Waals surface area contributed by atoms with E-state index in [-0.39, 0.29) is 0 Å². The van der Waals surface area contributed by atoms with Gasteiger partial charge in [-0.3, -0.25) is 4.68 Å². The summed E-state index contributed by atoms with van der Waals surface area (Å²) >= 11 is 11.7. The van der Waals surface area contributed by atoms with E-state index < -0.39 is 0 Å². The molecule has 68 valence electrons. The predicted molar refractivity (Wildman–Crippen MR) is 53.3 cm³/mol. The molecule has 2 rings (SSSR count). The molecule has 0 aliphatic carbocycles. The van der Waals surface area contributed by atoms with Crippen LogP contribution in [0.3, 0.4) is 0 Å². The SMILES string of the molecule is Cc1nn(C)c2cc(Cl)nc(Cl)c12. The van der Waals surface area contributed by atoms with Crippen LogP contribution in [0.1, 0.15) is 5.69 Å². The van der Waals surface area contributed by atoms with E-state index in [9.17, 15) is 0 Å². The molecule has 0 spiro atoms. The first-order chi connectivity index (χ1) is 6.09. The van der Waals surface area contributed by atoms with Crippen molar-refractivity contribution < 1.29 is 0 Å². The minimum absolute atomic E-state index is 0.389. The molecule has 5 heteroatoms. The van der Waals surface area contributed by atoms with Crippen molar-refractivity contribution in [3.8, 4) is 0 Å². The Morgan fingerprint density at radius 3 is 2.77 bits per heavy atom. The molecular weight excluding hydrogens is 209 g/mol. The van der Waals surface area contributed by atoms with E-state index in [1.807, 2.05) is 14.0 Å². The highest BCUT2D eigenvalue weighted by atomic mass is 35.5. The number of aryl methyl sites for hydroxylation is 2. The summed E-state index contributed by atoms with van der Waals surface area (Å²) in [4.78, 5) is 3.95. The van der Waals surface area contributed by atoms with Gasteiger partial charge in [0.15, 0.2) is 0 Å². The van der Waals surface area contributed by atoms with Gasteiger partial charge in [0.25, 0.3) is 0 Å². The highest BCUT2D eigenvalue weighted by Gasteiger charge is 2.10. The first-order valence-electron chi connectivity index (χ1n) is 3.75. The molecule has 0 aliphatic rings. The fourth-order valence-corrected chi connectivity index (χ4v) is 1.95. The number of halogens is 2. The Morgan fingerprint density at radius 1 is 1.38 bits per heavy atom. The fourth-order valence-electron chi connectivity index (χ4n) is 1.39. The Labute approximate surface area is 85.3 Å². The molecule has 0 bridgehead atoms. The van der Waals surface area contributed by atoms with Crippen LogP contribution >= 0.6 is 23.2 Å². The number of aromatic nitrogens is 3. The van der Waals surface area contributed by atoms with E-state index in [0.29, 0.717) is 10.3 Å². The number of hydrogen-bond donors (Lipinski definition) is 0. The van der Waals surface area contributed by atoms with Crippen LogP contribution in [0.5, 0.6) is 0 Å². The van der Waals surface area contributed by atoms with Gasteiger partial charge in [0.2, 0.25) is 0 Å². The van der Waals surface area contributed by atoms with E-state index in [1.165, 1.54) is 0 Å². The van der Waals surface area contributed by atoms with Crippen molar-refractivity contribution in [2.45, 2.75) is 6.92 Å². The molecule has 0 fully saturated rings. The zero-order valence-electron chi connectivity index (χ0n) is 7.17. The van der Waals surface area contributed by atoms with Gasteiger partial charge in [-0.1, -0.05) is 23.2 Å². The van der Waals surface area contributed by atoms with Crippen molar-refractivity contribution in [3.63, 3.8) is 0 Å². The van der Waals surface area contributed by atoms with Crippen molar-refractivity contribution in [3.05, 3.63) is 22.1 Å². The molecule has 3 nitrogen and oxygen atoms in total. The largest absolute Gasteiger partial charge is 0.267 e. The van der Waals surface area contributed by atoms with Crippen LogP contribution in [0.4, 0.5) is 0 Å². The minimum Gasteiger partial charge on any atom is -0.267 e. The van der Waals surface area contributed by atoms with Crippen LogP contribution in [0.2, 0.25) is 10.3 Å². The van der Waals surface area contributed by atoms with Crippen LogP contribution in [0, 0.1) is 6.92 Å². The Morgan fingerprint density at radius 2 is 2.08 bits per heavy atom. The van der Waals surface area contributed by atoms with Crippen LogP contribution in [0.15, 0.2) is 6.07 Å². The molecule has 0 unspecified atom stereocenters. The van der Waals surface area contributed by atoms with Gasteiger partial charge in [0.05, 0.1) is 16.6 Å². The Hall–Kier alpha value is -0.800. The summed E-state index contributed by atoms with van der Waals surface area (Å²) in [5.74, 6) is 0. The fraction of sp³-hybridized carbons (Fsp3) is 0.250. The van der Waals surface area contributed by atoms with Crippen molar-refractivity contribution in [1.29, 1.82) is 0 Å². The summed E-state index contributed by atoms with van der Waals surface area (Å²) in [6, 6.07) is 1.75. The molecule has 2 aromatic rings. The maximum atomic E-state index is 5.93. The topological polar surface area (TPSA) is 30.7 Å². The van der Waals surface area contributed by atoms with Gasteiger partial charge in [0.1, 0.15) is 10.3 Å². The molecule has 0 aliphatic heterocycles. The van der Waals surface area contributed by atoms with Gasteiger partial charge in [-0.15, -0.1) is 0 Å². The smallest absolute Gasteiger partial charge is 0.142 e. The number of hydrogen-bond acceptors (Lipinski definition) is 2. The molecule has 0 saturated heterocycles. The summed E-state index contributed by atoms with van der Waals surface area (Å²) in [6.45, 7) is 1.89. The summed E-state index contributed by atoms with van der Waals surface area (Å²) in [6.07, 6.45) is 0. The second-order valence-electron chi connectivity index (χ2n) is 2.84. The molecule has 0 amide bonds. The number of fused-ring (bicyclic) bond motifs is 1. The summed E-state index contributed by atoms with van der Waals surface area (Å²) in [5.41, 5.74) is 1.77. The van der Waals surface area contributed by atoms with Crippen LogP contribution < -0.4 is 0 Å². The normalized spacial score (nSPS) is 11.1. The molecule has 2 aromatic heterocycles. The first-order valence-corrected chi connectivity index (χ1v) is 4.50. The van der Waals surface area contributed by atoms with E-state index in [0.717, 1.165) is 16.6 Å². The quantitative estimate of drug-likeness (QED) is 0.633. The lowest BCUT2D eigenvalue weighted by Crippen LogP contribution is -1.89. The Balaban J connectivity index is 2.97. The third-order valence-corrected chi connectivity index (χ3v) is 2.40. The second kappa shape index (κ2) is 2.86. The van der Waals surface area contributed by atoms with Crippen molar-refractivity contribution in [2.75, 3.05) is 0 Å². The van der Waals surface area contributed by atoms with E-state index >= 15 is 0 Å². The zero-order chi connectivity index (χ0) is 9.59. The number of nitrogens with zero attached hydrogens (tertiary/aromatic N) is 3. The van der Waals surface area contributed by atoms with Crippen LogP contribution in [0.25, 0.3) is 10.9 Å². The highest BCUT2D eigenvalue weighted by Crippen LogP contribution is 2.26. The standard InChI is InChI=1S/C8H7Cl2N3/c1-4-7-5(13(2)12-4)3-6(9)11-8(7)10/h3H,1-2H3. The first kappa shape index (κ1) is 8.78. The molecule has 0 atom stereocenters. The monoisotopic (exact) mass is 215 g/mol. The zero-order valence-corrected chi connectivity index (χ0v) is 8.69. The van der Waals surface area contributed by atoms with Gasteiger partial charge in [-0.2, -0.15) is 5.10 Å². The third kappa shape index (κ3) is 1.28. The van der Waals surface area contributed by atoms with Gasteiger partial charge >= 0.3 is 0 Å². The van der Waals surface area contributed by atoms with E-state index in [1.54, 1.807) is 10.7 Å². The van der Waals surface area contributed by atoms with E-state index in [4.69, 9.17) is 23.2 Å². The van der Waals surface area contributed by atoms with Crippen molar-refractivity contribution >= 4 is 34.1 Å². The third-order valence-electron chi connectivity index (χ3n) is 1.93. The Kier molecular flexibility index (Phi) is 1.93. The van der Waals surface area contributed by atoms with Crippen molar-refractivity contribution in [1.82, 2.24) is 14.8 Å². The minimum atomic E-state index is 0.389.